The Bertz CT molecular complexity index is 423. The summed E-state index contributed by atoms with van der Waals surface area (Å²) in [5, 5.41) is 23.4. The summed E-state index contributed by atoms with van der Waals surface area (Å²) >= 11 is 0. The molecule has 0 aromatic carbocycles. The molecule has 0 heterocycles. The highest BCUT2D eigenvalue weighted by atomic mass is 16.4. The van der Waals surface area contributed by atoms with Crippen LogP contribution in [0.2, 0.25) is 0 Å². The van der Waals surface area contributed by atoms with Crippen LogP contribution in [0.25, 0.3) is 0 Å². The number of nitrogens with two attached hydrogens (primary N) is 1. The van der Waals surface area contributed by atoms with Gasteiger partial charge in [0.15, 0.2) is 0 Å². The summed E-state index contributed by atoms with van der Waals surface area (Å²) in [7, 11) is 0. The first kappa shape index (κ1) is 21.3. The molecule has 0 aliphatic rings. The molecule has 23 heavy (non-hydrogen) atoms. The van der Waals surface area contributed by atoms with Crippen molar-refractivity contribution in [1.29, 1.82) is 0 Å². The normalized spacial score (nSPS) is 16.6. The number of aliphatic hydroxyl groups is 1. The van der Waals surface area contributed by atoms with E-state index in [2.05, 4.69) is 10.6 Å². The van der Waals surface area contributed by atoms with Crippen LogP contribution in [-0.2, 0) is 14.4 Å². The summed E-state index contributed by atoms with van der Waals surface area (Å²) in [4.78, 5) is 35.5. The van der Waals surface area contributed by atoms with Crippen molar-refractivity contribution in [3.63, 3.8) is 0 Å². The quantitative estimate of drug-likeness (QED) is 0.384. The van der Waals surface area contributed by atoms with Gasteiger partial charge in [0.2, 0.25) is 11.8 Å². The Hall–Kier alpha value is -1.67. The Morgan fingerprint density at radius 1 is 1.00 bits per heavy atom. The first-order valence-electron chi connectivity index (χ1n) is 7.74. The Morgan fingerprint density at radius 2 is 1.52 bits per heavy atom. The molecule has 0 fully saturated rings. The predicted octanol–water partition coefficient (Wildman–Crippen LogP) is -0.549. The van der Waals surface area contributed by atoms with Crippen molar-refractivity contribution in [2.75, 3.05) is 0 Å². The maximum Gasteiger partial charge on any atom is 0.326 e. The van der Waals surface area contributed by atoms with Gasteiger partial charge in [0, 0.05) is 0 Å². The molecule has 0 radical (unpaired) electrons. The zero-order valence-electron chi connectivity index (χ0n) is 14.4. The van der Waals surface area contributed by atoms with Crippen molar-refractivity contribution < 1.29 is 24.6 Å². The van der Waals surface area contributed by atoms with Gasteiger partial charge in [-0.1, -0.05) is 27.7 Å². The molecule has 0 spiro atoms. The van der Waals surface area contributed by atoms with Gasteiger partial charge in [0.25, 0.3) is 0 Å². The number of nitrogens with one attached hydrogen (secondary N) is 2. The number of hydrogen-bond acceptors (Lipinski definition) is 5. The summed E-state index contributed by atoms with van der Waals surface area (Å²) in [6.07, 6.45) is -0.772. The Balaban J connectivity index is 4.98. The van der Waals surface area contributed by atoms with Gasteiger partial charge in [-0.15, -0.1) is 0 Å². The van der Waals surface area contributed by atoms with Gasteiger partial charge in [-0.05, 0) is 25.2 Å². The number of carboxylic acid groups (broad SMARTS) is 1. The van der Waals surface area contributed by atoms with Gasteiger partial charge in [-0.2, -0.15) is 0 Å². The standard InChI is InChI=1S/C15H29N3O5/c1-7(2)6-10(15(22)23)17-14(21)12(8(3)4)18-13(20)11(16)9(5)19/h7-12,19H,6,16H2,1-5H3,(H,17,21)(H,18,20)(H,22,23)/t9?,10-,11-,12-/m0/s1. The molecule has 0 aromatic heterocycles. The van der Waals surface area contributed by atoms with Gasteiger partial charge in [0.05, 0.1) is 6.10 Å². The van der Waals surface area contributed by atoms with Crippen LogP contribution in [0.15, 0.2) is 0 Å². The van der Waals surface area contributed by atoms with E-state index in [1.54, 1.807) is 13.8 Å². The Morgan fingerprint density at radius 3 is 1.87 bits per heavy atom. The molecule has 0 bridgehead atoms. The Labute approximate surface area is 136 Å². The van der Waals surface area contributed by atoms with Crippen LogP contribution in [0, 0.1) is 11.8 Å². The van der Waals surface area contributed by atoms with Gasteiger partial charge >= 0.3 is 5.97 Å². The van der Waals surface area contributed by atoms with Crippen molar-refractivity contribution in [2.45, 2.75) is 65.3 Å². The van der Waals surface area contributed by atoms with Gasteiger partial charge in [-0.3, -0.25) is 9.59 Å². The summed E-state index contributed by atoms with van der Waals surface area (Å²) in [5.41, 5.74) is 5.54. The number of hydrogen-bond donors (Lipinski definition) is 5. The maximum atomic E-state index is 12.3. The van der Waals surface area contributed by atoms with E-state index in [1.165, 1.54) is 6.92 Å². The van der Waals surface area contributed by atoms with Crippen LogP contribution >= 0.6 is 0 Å². The molecule has 0 rings (SSSR count). The molecule has 1 unspecified atom stereocenters. The third-order valence-electron chi connectivity index (χ3n) is 3.39. The highest BCUT2D eigenvalue weighted by Crippen LogP contribution is 2.08. The molecule has 0 aliphatic heterocycles. The molecule has 0 saturated carbocycles. The fourth-order valence-corrected chi connectivity index (χ4v) is 1.96. The molecule has 0 aromatic rings. The number of carboxylic acids is 1. The van der Waals surface area contributed by atoms with E-state index in [4.69, 9.17) is 5.73 Å². The lowest BCUT2D eigenvalue weighted by Gasteiger charge is -2.26. The monoisotopic (exact) mass is 331 g/mol. The van der Waals surface area contributed by atoms with Crippen LogP contribution in [-0.4, -0.2) is 52.2 Å². The predicted molar refractivity (Wildman–Crippen MR) is 85.4 cm³/mol. The second-order valence-corrected chi connectivity index (χ2v) is 6.53. The first-order chi connectivity index (χ1) is 10.5. The second-order valence-electron chi connectivity index (χ2n) is 6.53. The van der Waals surface area contributed by atoms with E-state index < -0.39 is 42.0 Å². The summed E-state index contributed by atoms with van der Waals surface area (Å²) in [5.74, 6) is -2.55. The fourth-order valence-electron chi connectivity index (χ4n) is 1.96. The maximum absolute atomic E-state index is 12.3. The van der Waals surface area contributed by atoms with Crippen molar-refractivity contribution in [1.82, 2.24) is 10.6 Å². The highest BCUT2D eigenvalue weighted by molar-refractivity contribution is 5.92. The molecule has 8 nitrogen and oxygen atoms in total. The number of aliphatic hydroxyl groups excluding tert-OH is 1. The molecular formula is C15H29N3O5. The molecule has 0 aliphatic carbocycles. The lowest BCUT2D eigenvalue weighted by molar-refractivity contribution is -0.143. The van der Waals surface area contributed by atoms with Crippen molar-refractivity contribution in [3.05, 3.63) is 0 Å². The van der Waals surface area contributed by atoms with Crippen LogP contribution in [0.1, 0.15) is 41.0 Å². The third kappa shape index (κ3) is 7.43. The van der Waals surface area contributed by atoms with Crippen molar-refractivity contribution in [3.8, 4) is 0 Å². The molecule has 134 valence electrons. The minimum absolute atomic E-state index is 0.0900. The van der Waals surface area contributed by atoms with E-state index in [9.17, 15) is 24.6 Å². The van der Waals surface area contributed by atoms with Crippen LogP contribution in [0.5, 0.6) is 0 Å². The zero-order valence-corrected chi connectivity index (χ0v) is 14.4. The van der Waals surface area contributed by atoms with Crippen LogP contribution < -0.4 is 16.4 Å². The van der Waals surface area contributed by atoms with Crippen LogP contribution in [0.3, 0.4) is 0 Å². The lowest BCUT2D eigenvalue weighted by Crippen LogP contribution is -2.58. The summed E-state index contributed by atoms with van der Waals surface area (Å²) in [6.45, 7) is 8.52. The first-order valence-corrected chi connectivity index (χ1v) is 7.74. The minimum Gasteiger partial charge on any atom is -0.480 e. The van der Waals surface area contributed by atoms with Gasteiger partial charge < -0.3 is 26.6 Å². The SMILES string of the molecule is CC(C)C[C@H](NC(=O)[C@@H](NC(=O)[C@@H](N)C(C)O)C(C)C)C(=O)O. The number of rotatable bonds is 9. The molecule has 0 saturated heterocycles. The zero-order chi connectivity index (χ0) is 18.3. The van der Waals surface area contributed by atoms with E-state index in [0.29, 0.717) is 0 Å². The smallest absolute Gasteiger partial charge is 0.326 e. The van der Waals surface area contributed by atoms with E-state index >= 15 is 0 Å². The highest BCUT2D eigenvalue weighted by Gasteiger charge is 2.31. The average molecular weight is 331 g/mol. The summed E-state index contributed by atoms with van der Waals surface area (Å²) < 4.78 is 0. The second kappa shape index (κ2) is 9.46. The average Bonchev–Trinajstić information content (AvgIpc) is 2.41. The molecular weight excluding hydrogens is 302 g/mol. The topological polar surface area (TPSA) is 142 Å². The van der Waals surface area contributed by atoms with Crippen molar-refractivity contribution in [2.24, 2.45) is 17.6 Å². The van der Waals surface area contributed by atoms with E-state index in [0.717, 1.165) is 0 Å². The molecule has 6 N–H and O–H groups in total. The van der Waals surface area contributed by atoms with Gasteiger partial charge in [-0.25, -0.2) is 4.79 Å². The molecule has 2 amide bonds. The van der Waals surface area contributed by atoms with Crippen molar-refractivity contribution >= 4 is 17.8 Å². The minimum atomic E-state index is -1.16. The Kier molecular flexibility index (Phi) is 8.78. The number of aliphatic carboxylic acids is 1. The fraction of sp³-hybridized carbons (Fsp3) is 0.800. The van der Waals surface area contributed by atoms with E-state index in [1.807, 2.05) is 13.8 Å². The largest absolute Gasteiger partial charge is 0.480 e. The van der Waals surface area contributed by atoms with Gasteiger partial charge in [0.1, 0.15) is 18.1 Å². The molecule has 8 heteroatoms. The third-order valence-corrected chi connectivity index (χ3v) is 3.39. The number of carbonyl (C=O) groups excluding carboxylic acids is 2. The van der Waals surface area contributed by atoms with Crippen LogP contribution in [0.4, 0.5) is 0 Å². The number of amides is 2. The summed E-state index contributed by atoms with van der Waals surface area (Å²) in [6, 6.07) is -3.11. The lowest BCUT2D eigenvalue weighted by atomic mass is 10.00. The molecule has 4 atom stereocenters. The van der Waals surface area contributed by atoms with E-state index in [-0.39, 0.29) is 18.3 Å². The number of carbonyl (C=O) groups is 3.